The molecule has 14 heavy (non-hydrogen) atoms. The fourth-order valence-corrected chi connectivity index (χ4v) is 0.880. The van der Waals surface area contributed by atoms with Crippen molar-refractivity contribution in [2.45, 2.75) is 0 Å². The van der Waals surface area contributed by atoms with E-state index in [1.807, 2.05) is 0 Å². The summed E-state index contributed by atoms with van der Waals surface area (Å²) in [6.07, 6.45) is 0.905. The third kappa shape index (κ3) is 2.24. The van der Waals surface area contributed by atoms with Crippen molar-refractivity contribution in [3.05, 3.63) is 51.4 Å². The Kier molecular flexibility index (Phi) is 3.08. The summed E-state index contributed by atoms with van der Waals surface area (Å²) in [5.41, 5.74) is 9.05. The molecule has 0 heterocycles. The quantitative estimate of drug-likeness (QED) is 0.253. The summed E-state index contributed by atoms with van der Waals surface area (Å²) in [6.45, 7) is 0. The second kappa shape index (κ2) is 4.50. The van der Waals surface area contributed by atoms with E-state index < -0.39 is 0 Å². The smallest absolute Gasteiger partial charge is 0.392 e. The van der Waals surface area contributed by atoms with Gasteiger partial charge in [0.1, 0.15) is 0 Å². The average molecular weight is 188 g/mol. The predicted octanol–water partition coefficient (Wildman–Crippen LogP) is 3.34. The Morgan fingerprint density at radius 1 is 1.43 bits per heavy atom. The molecule has 6 nitrogen and oxygen atoms in total. The van der Waals surface area contributed by atoms with Crippen LogP contribution in [0.5, 0.6) is 0 Å². The minimum absolute atomic E-state index is 0.167. The number of aliphatic hydroxyl groups excluding tert-OH is 1. The number of azide groups is 1. The highest BCUT2D eigenvalue weighted by Gasteiger charge is 2.02. The first-order chi connectivity index (χ1) is 6.77. The average Bonchev–Trinajstić information content (AvgIpc) is 2.20. The highest BCUT2D eigenvalue weighted by molar-refractivity contribution is 5.60. The molecular weight excluding hydrogens is 182 g/mol. The normalized spacial score (nSPS) is 10.1. The molecule has 0 atom stereocenters. The lowest BCUT2D eigenvalue weighted by molar-refractivity contribution is 0.511. The van der Waals surface area contributed by atoms with Crippen molar-refractivity contribution < 1.29 is 5.11 Å². The highest BCUT2D eigenvalue weighted by atomic mass is 16.3. The van der Waals surface area contributed by atoms with Crippen molar-refractivity contribution >= 4 is 11.4 Å². The fourth-order valence-electron chi connectivity index (χ4n) is 0.880. The minimum atomic E-state index is -0.167. The van der Waals surface area contributed by atoms with Gasteiger partial charge in [-0.25, -0.2) is 0 Å². The fraction of sp³-hybridized carbons (Fsp3) is 0. The lowest BCUT2D eigenvalue weighted by Crippen LogP contribution is -1.79. The molecule has 1 aromatic carbocycles. The van der Waals surface area contributed by atoms with Gasteiger partial charge in [0.15, 0.2) is 4.98 Å². The molecule has 0 aliphatic heterocycles. The van der Waals surface area contributed by atoms with E-state index in [-0.39, 0.29) is 5.76 Å². The first kappa shape index (κ1) is 9.58. The Labute approximate surface area is 79.4 Å². The zero-order valence-electron chi connectivity index (χ0n) is 7.07. The van der Waals surface area contributed by atoms with E-state index in [2.05, 4.69) is 15.0 Å². The van der Waals surface area contributed by atoms with E-state index in [9.17, 15) is 5.11 Å². The summed E-state index contributed by atoms with van der Waals surface area (Å²) in [5.74, 6) is -0.167. The van der Waals surface area contributed by atoms with E-state index in [0.29, 0.717) is 11.3 Å². The summed E-state index contributed by atoms with van der Waals surface area (Å²) in [6, 6.07) is 6.16. The molecule has 0 aliphatic carbocycles. The largest absolute Gasteiger partial charge is 0.501 e. The Hall–Kier alpha value is -2.51. The second-order valence-corrected chi connectivity index (χ2v) is 2.37. The van der Waals surface area contributed by atoms with Crippen molar-refractivity contribution in [1.82, 2.24) is 0 Å². The van der Waals surface area contributed by atoms with E-state index in [0.717, 1.165) is 6.20 Å². The SMILES string of the molecule is N#[N+]/C=C(\O)c1ccc(N=[N+]=[N-])cc1. The van der Waals surface area contributed by atoms with Gasteiger partial charge in [-0.15, -0.1) is 0 Å². The van der Waals surface area contributed by atoms with Crippen LogP contribution in [0.15, 0.2) is 35.6 Å². The van der Waals surface area contributed by atoms with Crippen molar-refractivity contribution in [2.75, 3.05) is 0 Å². The first-order valence-corrected chi connectivity index (χ1v) is 3.67. The van der Waals surface area contributed by atoms with E-state index in [1.54, 1.807) is 12.1 Å². The number of hydrogen-bond acceptors (Lipinski definition) is 3. The molecule has 0 amide bonds. The maximum atomic E-state index is 9.25. The molecule has 0 saturated carbocycles. The van der Waals surface area contributed by atoms with Crippen LogP contribution in [0.2, 0.25) is 0 Å². The summed E-state index contributed by atoms with van der Waals surface area (Å²) in [5, 5.41) is 20.8. The number of hydrogen-bond donors (Lipinski definition) is 1. The van der Waals surface area contributed by atoms with Crippen LogP contribution in [0.4, 0.5) is 5.69 Å². The second-order valence-electron chi connectivity index (χ2n) is 2.37. The van der Waals surface area contributed by atoms with Crippen LogP contribution in [-0.2, 0) is 0 Å². The van der Waals surface area contributed by atoms with Crippen LogP contribution in [0.1, 0.15) is 5.56 Å². The summed E-state index contributed by atoms with van der Waals surface area (Å²) in [7, 11) is 0. The molecule has 0 radical (unpaired) electrons. The first-order valence-electron chi connectivity index (χ1n) is 3.67. The van der Waals surface area contributed by atoms with Crippen LogP contribution in [0.25, 0.3) is 21.2 Å². The maximum absolute atomic E-state index is 9.25. The van der Waals surface area contributed by atoms with Crippen molar-refractivity contribution in [3.63, 3.8) is 0 Å². The lowest BCUT2D eigenvalue weighted by Gasteiger charge is -1.95. The number of aliphatic hydroxyl groups is 1. The lowest BCUT2D eigenvalue weighted by atomic mass is 10.2. The van der Waals surface area contributed by atoms with Crippen molar-refractivity contribution in [2.24, 2.45) is 5.11 Å². The highest BCUT2D eigenvalue weighted by Crippen LogP contribution is 2.17. The molecule has 68 valence electrons. The minimum Gasteiger partial charge on any atom is -0.501 e. The Balaban J connectivity index is 3.00. The van der Waals surface area contributed by atoms with E-state index >= 15 is 0 Å². The van der Waals surface area contributed by atoms with E-state index in [1.165, 1.54) is 12.1 Å². The number of benzene rings is 1. The van der Waals surface area contributed by atoms with Gasteiger partial charge in [0.25, 0.3) is 0 Å². The van der Waals surface area contributed by atoms with Crippen molar-refractivity contribution in [1.29, 1.82) is 5.39 Å². The van der Waals surface area contributed by atoms with Gasteiger partial charge in [-0.2, -0.15) is 0 Å². The molecule has 0 spiro atoms. The van der Waals surface area contributed by atoms with Crippen LogP contribution in [-0.4, -0.2) is 5.11 Å². The van der Waals surface area contributed by atoms with Crippen LogP contribution >= 0.6 is 0 Å². The van der Waals surface area contributed by atoms with Gasteiger partial charge < -0.3 is 5.11 Å². The zero-order chi connectivity index (χ0) is 10.4. The van der Waals surface area contributed by atoms with Gasteiger partial charge in [-0.05, 0) is 5.53 Å². The van der Waals surface area contributed by atoms with Gasteiger partial charge >= 0.3 is 6.20 Å². The topological polar surface area (TPSA) is 97.1 Å². The van der Waals surface area contributed by atoms with Gasteiger partial charge in [0.05, 0.1) is 0 Å². The van der Waals surface area contributed by atoms with Gasteiger partial charge in [-0.3, -0.25) is 0 Å². The summed E-state index contributed by atoms with van der Waals surface area (Å²) in [4.78, 5) is 5.28. The number of rotatable bonds is 2. The monoisotopic (exact) mass is 188 g/mol. The van der Waals surface area contributed by atoms with Crippen LogP contribution in [0.3, 0.4) is 0 Å². The van der Waals surface area contributed by atoms with Gasteiger partial charge in [-0.1, -0.05) is 29.4 Å². The molecule has 0 fully saturated rings. The third-order valence-electron chi connectivity index (χ3n) is 1.50. The van der Waals surface area contributed by atoms with Crippen LogP contribution < -0.4 is 0 Å². The molecule has 0 aliphatic rings. The molecular formula is C8H6N5O+. The Bertz CT molecular complexity index is 436. The van der Waals surface area contributed by atoms with E-state index in [4.69, 9.17) is 10.9 Å². The Morgan fingerprint density at radius 2 is 2.07 bits per heavy atom. The van der Waals surface area contributed by atoms with Crippen LogP contribution in [0, 0.1) is 5.39 Å². The molecule has 0 bridgehead atoms. The molecule has 1 N–H and O–H groups in total. The number of nitrogens with zero attached hydrogens (tertiary/aromatic N) is 5. The Morgan fingerprint density at radius 3 is 2.57 bits per heavy atom. The molecule has 1 rings (SSSR count). The number of diazo groups is 1. The third-order valence-corrected chi connectivity index (χ3v) is 1.50. The maximum Gasteiger partial charge on any atom is 0.392 e. The molecule has 0 saturated heterocycles. The molecule has 0 aromatic heterocycles. The predicted molar refractivity (Wildman–Crippen MR) is 50.9 cm³/mol. The van der Waals surface area contributed by atoms with Gasteiger partial charge in [0.2, 0.25) is 11.2 Å². The van der Waals surface area contributed by atoms with Crippen molar-refractivity contribution in [3.8, 4) is 0 Å². The summed E-state index contributed by atoms with van der Waals surface area (Å²) >= 11 is 0. The zero-order valence-corrected chi connectivity index (χ0v) is 7.07. The standard InChI is InChI=1S/C8H5N5O/c9-11-5-8(14)6-1-3-7(4-2-6)12-13-10/h1-5H/p+1/b8-5-. The molecule has 6 heteroatoms. The summed E-state index contributed by atoms with van der Waals surface area (Å²) < 4.78 is 0. The molecule has 0 unspecified atom stereocenters. The molecule has 1 aromatic rings. The van der Waals surface area contributed by atoms with Gasteiger partial charge in [0, 0.05) is 16.2 Å².